The lowest BCUT2D eigenvalue weighted by atomic mass is 9.92. The Morgan fingerprint density at radius 2 is 2.22 bits per heavy atom. The van der Waals surface area contributed by atoms with Crippen molar-refractivity contribution in [3.05, 3.63) is 35.9 Å². The second kappa shape index (κ2) is 5.50. The first-order valence-corrected chi connectivity index (χ1v) is 6.37. The highest BCUT2D eigenvalue weighted by molar-refractivity contribution is 5.82. The minimum absolute atomic E-state index is 0.0343. The summed E-state index contributed by atoms with van der Waals surface area (Å²) < 4.78 is 0. The van der Waals surface area contributed by atoms with Gasteiger partial charge in [-0.2, -0.15) is 0 Å². The highest BCUT2D eigenvalue weighted by Crippen LogP contribution is 2.20. The minimum Gasteiger partial charge on any atom is -0.394 e. The van der Waals surface area contributed by atoms with Crippen molar-refractivity contribution < 1.29 is 9.90 Å². The van der Waals surface area contributed by atoms with E-state index in [1.165, 1.54) is 0 Å². The Kier molecular flexibility index (Phi) is 3.99. The zero-order valence-corrected chi connectivity index (χ0v) is 10.6. The molecule has 1 aliphatic heterocycles. The monoisotopic (exact) mass is 248 g/mol. The van der Waals surface area contributed by atoms with E-state index >= 15 is 0 Å². The molecule has 98 valence electrons. The van der Waals surface area contributed by atoms with Crippen molar-refractivity contribution in [2.45, 2.75) is 31.3 Å². The Morgan fingerprint density at radius 3 is 2.78 bits per heavy atom. The van der Waals surface area contributed by atoms with Gasteiger partial charge in [-0.05, 0) is 31.9 Å². The molecular weight excluding hydrogens is 228 g/mol. The molecule has 0 spiro atoms. The van der Waals surface area contributed by atoms with Crippen LogP contribution in [0.25, 0.3) is 0 Å². The summed E-state index contributed by atoms with van der Waals surface area (Å²) in [5.74, 6) is -0.0343. The standard InChI is InChI=1S/C14H20N2O2/c1-14(10-17,11-6-3-2-4-7-11)16-13(18)12-8-5-9-15-12/h2-4,6-7,12,15,17H,5,8-10H2,1H3,(H,16,18). The molecule has 1 aromatic rings. The van der Waals surface area contributed by atoms with E-state index in [0.717, 1.165) is 24.9 Å². The average Bonchev–Trinajstić information content (AvgIpc) is 2.93. The van der Waals surface area contributed by atoms with E-state index in [9.17, 15) is 9.90 Å². The van der Waals surface area contributed by atoms with E-state index < -0.39 is 5.54 Å². The van der Waals surface area contributed by atoms with E-state index in [1.807, 2.05) is 37.3 Å². The number of hydrogen-bond acceptors (Lipinski definition) is 3. The van der Waals surface area contributed by atoms with Crippen molar-refractivity contribution in [2.75, 3.05) is 13.2 Å². The van der Waals surface area contributed by atoms with Crippen LogP contribution in [0.3, 0.4) is 0 Å². The van der Waals surface area contributed by atoms with E-state index in [2.05, 4.69) is 10.6 Å². The third-order valence-corrected chi connectivity index (χ3v) is 3.50. The first-order valence-electron chi connectivity index (χ1n) is 6.37. The minimum atomic E-state index is -0.720. The third-order valence-electron chi connectivity index (χ3n) is 3.50. The molecule has 0 bridgehead atoms. The van der Waals surface area contributed by atoms with Gasteiger partial charge in [0.1, 0.15) is 0 Å². The van der Waals surface area contributed by atoms with Crippen LogP contribution in [-0.2, 0) is 10.3 Å². The summed E-state index contributed by atoms with van der Waals surface area (Å²) >= 11 is 0. The Balaban J connectivity index is 2.10. The van der Waals surface area contributed by atoms with Gasteiger partial charge in [-0.25, -0.2) is 0 Å². The Morgan fingerprint density at radius 1 is 1.50 bits per heavy atom. The third kappa shape index (κ3) is 2.71. The predicted molar refractivity (Wildman–Crippen MR) is 70.0 cm³/mol. The van der Waals surface area contributed by atoms with E-state index in [4.69, 9.17) is 0 Å². The van der Waals surface area contributed by atoms with Gasteiger partial charge in [0.25, 0.3) is 0 Å². The lowest BCUT2D eigenvalue weighted by Gasteiger charge is -2.30. The molecule has 1 saturated heterocycles. The normalized spacial score (nSPS) is 22.4. The van der Waals surface area contributed by atoms with Crippen LogP contribution in [0, 0.1) is 0 Å². The Labute approximate surface area is 107 Å². The number of rotatable bonds is 4. The molecule has 1 aromatic carbocycles. The highest BCUT2D eigenvalue weighted by Gasteiger charge is 2.31. The predicted octanol–water partition coefficient (Wildman–Crippen LogP) is 0.762. The lowest BCUT2D eigenvalue weighted by molar-refractivity contribution is -0.125. The summed E-state index contributed by atoms with van der Waals surface area (Å²) in [6.45, 7) is 2.62. The fourth-order valence-electron chi connectivity index (χ4n) is 2.28. The number of benzene rings is 1. The van der Waals surface area contributed by atoms with Crippen LogP contribution in [0.15, 0.2) is 30.3 Å². The van der Waals surface area contributed by atoms with Gasteiger partial charge in [0.2, 0.25) is 5.91 Å². The van der Waals surface area contributed by atoms with E-state index in [0.29, 0.717) is 0 Å². The lowest BCUT2D eigenvalue weighted by Crippen LogP contribution is -2.52. The van der Waals surface area contributed by atoms with Crippen molar-refractivity contribution in [1.82, 2.24) is 10.6 Å². The zero-order chi connectivity index (χ0) is 13.0. The average molecular weight is 248 g/mol. The van der Waals surface area contributed by atoms with Crippen molar-refractivity contribution in [3.63, 3.8) is 0 Å². The fraction of sp³-hybridized carbons (Fsp3) is 0.500. The number of aliphatic hydroxyl groups excluding tert-OH is 1. The maximum absolute atomic E-state index is 12.1. The van der Waals surface area contributed by atoms with Crippen LogP contribution < -0.4 is 10.6 Å². The molecule has 4 nitrogen and oxygen atoms in total. The Bertz CT molecular complexity index is 402. The van der Waals surface area contributed by atoms with Crippen LogP contribution in [0.5, 0.6) is 0 Å². The van der Waals surface area contributed by atoms with Crippen LogP contribution >= 0.6 is 0 Å². The number of hydrogen-bond donors (Lipinski definition) is 3. The highest BCUT2D eigenvalue weighted by atomic mass is 16.3. The topological polar surface area (TPSA) is 61.4 Å². The van der Waals surface area contributed by atoms with Gasteiger partial charge < -0.3 is 15.7 Å². The van der Waals surface area contributed by atoms with Gasteiger partial charge in [-0.15, -0.1) is 0 Å². The number of nitrogens with one attached hydrogen (secondary N) is 2. The van der Waals surface area contributed by atoms with Gasteiger partial charge in [0, 0.05) is 0 Å². The zero-order valence-electron chi connectivity index (χ0n) is 10.6. The van der Waals surface area contributed by atoms with E-state index in [-0.39, 0.29) is 18.6 Å². The molecule has 1 heterocycles. The summed E-state index contributed by atoms with van der Waals surface area (Å²) in [7, 11) is 0. The maximum atomic E-state index is 12.1. The van der Waals surface area contributed by atoms with Gasteiger partial charge >= 0.3 is 0 Å². The fourth-order valence-corrected chi connectivity index (χ4v) is 2.28. The van der Waals surface area contributed by atoms with Crippen LogP contribution in [0.1, 0.15) is 25.3 Å². The van der Waals surface area contributed by atoms with Crippen molar-refractivity contribution in [3.8, 4) is 0 Å². The second-order valence-electron chi connectivity index (χ2n) is 4.99. The maximum Gasteiger partial charge on any atom is 0.237 e. The quantitative estimate of drug-likeness (QED) is 0.737. The molecule has 2 rings (SSSR count). The van der Waals surface area contributed by atoms with Crippen molar-refractivity contribution in [2.24, 2.45) is 0 Å². The van der Waals surface area contributed by atoms with Crippen molar-refractivity contribution >= 4 is 5.91 Å². The van der Waals surface area contributed by atoms with Crippen LogP contribution in [0.4, 0.5) is 0 Å². The largest absolute Gasteiger partial charge is 0.394 e. The first-order chi connectivity index (χ1) is 8.65. The first kappa shape index (κ1) is 13.1. The summed E-state index contributed by atoms with van der Waals surface area (Å²) in [5, 5.41) is 15.7. The summed E-state index contributed by atoms with van der Waals surface area (Å²) in [5.41, 5.74) is 0.196. The van der Waals surface area contributed by atoms with Crippen LogP contribution in [0.2, 0.25) is 0 Å². The number of aliphatic hydroxyl groups is 1. The molecule has 4 heteroatoms. The summed E-state index contributed by atoms with van der Waals surface area (Å²) in [4.78, 5) is 12.1. The molecule has 2 atom stereocenters. The molecule has 0 aliphatic carbocycles. The number of amides is 1. The molecular formula is C14H20N2O2. The molecule has 18 heavy (non-hydrogen) atoms. The van der Waals surface area contributed by atoms with Gasteiger partial charge in [0.15, 0.2) is 0 Å². The van der Waals surface area contributed by atoms with Gasteiger partial charge in [-0.3, -0.25) is 4.79 Å². The van der Waals surface area contributed by atoms with Crippen LogP contribution in [-0.4, -0.2) is 30.2 Å². The molecule has 1 aliphatic rings. The molecule has 1 amide bonds. The summed E-state index contributed by atoms with van der Waals surface area (Å²) in [6.07, 6.45) is 1.89. The van der Waals surface area contributed by atoms with E-state index in [1.54, 1.807) is 0 Å². The van der Waals surface area contributed by atoms with Gasteiger partial charge in [-0.1, -0.05) is 30.3 Å². The molecule has 0 radical (unpaired) electrons. The molecule has 3 N–H and O–H groups in total. The SMILES string of the molecule is CC(CO)(NC(=O)C1CCCN1)c1ccccc1. The number of carbonyl (C=O) groups excluding carboxylic acids is 1. The van der Waals surface area contributed by atoms with Crippen molar-refractivity contribution in [1.29, 1.82) is 0 Å². The molecule has 2 unspecified atom stereocenters. The number of carbonyl (C=O) groups is 1. The Hall–Kier alpha value is -1.39. The molecule has 1 fully saturated rings. The van der Waals surface area contributed by atoms with Gasteiger partial charge in [0.05, 0.1) is 18.2 Å². The smallest absolute Gasteiger partial charge is 0.237 e. The molecule has 0 saturated carbocycles. The summed E-state index contributed by atoms with van der Waals surface area (Å²) in [6, 6.07) is 9.44. The second-order valence-corrected chi connectivity index (χ2v) is 4.99. The molecule has 0 aromatic heterocycles.